The monoisotopic (exact) mass is 392 g/mol. The third-order valence-electron chi connectivity index (χ3n) is 3.31. The van der Waals surface area contributed by atoms with E-state index in [0.717, 1.165) is 0 Å². The van der Waals surface area contributed by atoms with Crippen molar-refractivity contribution >= 4 is 29.0 Å². The van der Waals surface area contributed by atoms with Crippen LogP contribution in [0.2, 0.25) is 5.02 Å². The molecule has 4 nitrogen and oxygen atoms in total. The van der Waals surface area contributed by atoms with Gasteiger partial charge in [0.25, 0.3) is 5.91 Å². The third kappa shape index (κ3) is 4.85. The highest BCUT2D eigenvalue weighted by Gasteiger charge is 2.41. The minimum Gasteiger partial charge on any atom is -0.482 e. The van der Waals surface area contributed by atoms with E-state index in [4.69, 9.17) is 16.3 Å². The Bertz CT molecular complexity index is 732. The summed E-state index contributed by atoms with van der Waals surface area (Å²) < 4.78 is 48.1. The smallest absolute Gasteiger partial charge is 0.435 e. The van der Waals surface area contributed by atoms with Crippen LogP contribution in [0.5, 0.6) is 5.06 Å². The Morgan fingerprint density at radius 2 is 2.00 bits per heavy atom. The van der Waals surface area contributed by atoms with Crippen molar-refractivity contribution in [1.82, 2.24) is 9.69 Å². The first-order valence-electron chi connectivity index (χ1n) is 7.50. The highest BCUT2D eigenvalue weighted by Crippen LogP contribution is 2.38. The van der Waals surface area contributed by atoms with Crippen molar-refractivity contribution in [2.24, 2.45) is 0 Å². The van der Waals surface area contributed by atoms with Crippen LogP contribution in [0.4, 0.5) is 13.2 Å². The highest BCUT2D eigenvalue weighted by atomic mass is 35.5. The zero-order valence-electron chi connectivity index (χ0n) is 13.5. The minimum atomic E-state index is -4.74. The summed E-state index contributed by atoms with van der Waals surface area (Å²) in [7, 11) is 0. The second-order valence-electron chi connectivity index (χ2n) is 5.29. The lowest BCUT2D eigenvalue weighted by atomic mass is 10.1. The molecule has 1 N–H and O–H groups in total. The Balaban J connectivity index is 2.27. The van der Waals surface area contributed by atoms with Crippen molar-refractivity contribution in [3.63, 3.8) is 0 Å². The number of ether oxygens (including phenoxy) is 1. The van der Waals surface area contributed by atoms with Gasteiger partial charge in [0.15, 0.2) is 5.69 Å². The number of nitrogens with zero attached hydrogens (tertiary/aromatic N) is 1. The maximum Gasteiger partial charge on any atom is 0.435 e. The van der Waals surface area contributed by atoms with Gasteiger partial charge in [-0.1, -0.05) is 30.7 Å². The molecule has 0 bridgehead atoms. The molecule has 0 aliphatic carbocycles. The van der Waals surface area contributed by atoms with Crippen LogP contribution in [0.1, 0.15) is 47.9 Å². The van der Waals surface area contributed by atoms with Gasteiger partial charge >= 0.3 is 6.18 Å². The molecule has 0 radical (unpaired) electrons. The van der Waals surface area contributed by atoms with Gasteiger partial charge in [-0.25, -0.2) is 0 Å². The Morgan fingerprint density at radius 3 is 2.56 bits per heavy atom. The van der Waals surface area contributed by atoms with Crippen LogP contribution in [0.15, 0.2) is 24.3 Å². The van der Waals surface area contributed by atoms with E-state index in [0.29, 0.717) is 28.5 Å². The molecular formula is C16H16ClF3N2O2S. The number of benzene rings is 1. The summed E-state index contributed by atoms with van der Waals surface area (Å²) in [5, 5.41) is 2.95. The van der Waals surface area contributed by atoms with Gasteiger partial charge < -0.3 is 10.1 Å². The molecule has 1 heterocycles. The molecule has 0 aliphatic rings. The van der Waals surface area contributed by atoms with Gasteiger partial charge in [-0.05, 0) is 31.0 Å². The summed E-state index contributed by atoms with van der Waals surface area (Å²) in [4.78, 5) is 12.5. The molecule has 2 rings (SSSR count). The number of carbonyl (C=O) groups excluding carboxylic acids is 1. The van der Waals surface area contributed by atoms with Crippen molar-refractivity contribution in [3.8, 4) is 5.06 Å². The van der Waals surface area contributed by atoms with Crippen molar-refractivity contribution in [2.45, 2.75) is 32.5 Å². The van der Waals surface area contributed by atoms with E-state index in [1.807, 2.05) is 6.92 Å². The van der Waals surface area contributed by atoms with Crippen molar-refractivity contribution < 1.29 is 22.7 Å². The lowest BCUT2D eigenvalue weighted by molar-refractivity contribution is -0.140. The molecule has 0 fully saturated rings. The summed E-state index contributed by atoms with van der Waals surface area (Å²) in [6.07, 6.45) is -4.14. The summed E-state index contributed by atoms with van der Waals surface area (Å²) in [5.74, 6) is -0.880. The van der Waals surface area contributed by atoms with E-state index in [1.165, 1.54) is 0 Å². The maximum atomic E-state index is 13.1. The Labute approximate surface area is 152 Å². The van der Waals surface area contributed by atoms with Crippen LogP contribution in [-0.2, 0) is 6.18 Å². The highest BCUT2D eigenvalue weighted by molar-refractivity contribution is 7.08. The van der Waals surface area contributed by atoms with Crippen molar-refractivity contribution in [1.29, 1.82) is 0 Å². The second kappa shape index (κ2) is 8.05. The fourth-order valence-electron chi connectivity index (χ4n) is 2.07. The number of nitrogens with one attached hydrogen (secondary N) is 1. The number of aromatic nitrogens is 1. The SMILES string of the molecule is CCCOc1snc(C(F)(F)F)c1C(=O)N[C@@H](C)c1ccc(Cl)cc1. The molecule has 25 heavy (non-hydrogen) atoms. The van der Waals surface area contributed by atoms with Gasteiger partial charge in [-0.15, -0.1) is 0 Å². The topological polar surface area (TPSA) is 51.2 Å². The van der Waals surface area contributed by atoms with E-state index in [2.05, 4.69) is 9.69 Å². The first kappa shape index (κ1) is 19.5. The first-order valence-corrected chi connectivity index (χ1v) is 8.65. The summed E-state index contributed by atoms with van der Waals surface area (Å²) in [6, 6.07) is 6.16. The zero-order valence-corrected chi connectivity index (χ0v) is 15.1. The number of halogens is 4. The van der Waals surface area contributed by atoms with E-state index in [1.54, 1.807) is 31.2 Å². The maximum absolute atomic E-state index is 13.1. The van der Waals surface area contributed by atoms with E-state index < -0.39 is 29.4 Å². The van der Waals surface area contributed by atoms with Gasteiger partial charge in [0.05, 0.1) is 12.6 Å². The number of alkyl halides is 3. The molecule has 136 valence electrons. The fraction of sp³-hybridized carbons (Fsp3) is 0.375. The molecule has 1 atom stereocenters. The molecule has 0 aliphatic heterocycles. The summed E-state index contributed by atoms with van der Waals surface area (Å²) >= 11 is 6.33. The van der Waals surface area contributed by atoms with E-state index in [9.17, 15) is 18.0 Å². The van der Waals surface area contributed by atoms with Crippen LogP contribution in [0.25, 0.3) is 0 Å². The number of hydrogen-bond donors (Lipinski definition) is 1. The van der Waals surface area contributed by atoms with Crippen LogP contribution in [0.3, 0.4) is 0 Å². The number of rotatable bonds is 6. The molecule has 0 saturated carbocycles. The lowest BCUT2D eigenvalue weighted by Crippen LogP contribution is -2.28. The summed E-state index contributed by atoms with van der Waals surface area (Å²) in [6.45, 7) is 3.68. The molecule has 2 aromatic rings. The molecule has 1 amide bonds. The fourth-order valence-corrected chi connectivity index (χ4v) is 2.98. The molecule has 0 saturated heterocycles. The predicted molar refractivity (Wildman–Crippen MR) is 90.2 cm³/mol. The van der Waals surface area contributed by atoms with Gasteiger partial charge in [0, 0.05) is 16.6 Å². The number of hydrogen-bond acceptors (Lipinski definition) is 4. The second-order valence-corrected chi connectivity index (χ2v) is 6.46. The molecule has 1 aromatic carbocycles. The largest absolute Gasteiger partial charge is 0.482 e. The number of carbonyl (C=O) groups is 1. The van der Waals surface area contributed by atoms with Gasteiger partial charge in [0.2, 0.25) is 5.06 Å². The molecule has 0 unspecified atom stereocenters. The average molecular weight is 393 g/mol. The van der Waals surface area contributed by atoms with Crippen LogP contribution in [-0.4, -0.2) is 16.9 Å². The summed E-state index contributed by atoms with van der Waals surface area (Å²) in [5.41, 5.74) is -1.10. The Kier molecular flexibility index (Phi) is 6.29. The normalized spacial score (nSPS) is 12.7. The lowest BCUT2D eigenvalue weighted by Gasteiger charge is -2.16. The Morgan fingerprint density at radius 1 is 1.36 bits per heavy atom. The number of amides is 1. The average Bonchev–Trinajstić information content (AvgIpc) is 2.97. The Hall–Kier alpha value is -1.80. The standard InChI is InChI=1S/C16H16ClF3N2O2S/c1-3-8-24-15-12(13(22-25-15)16(18,19)20)14(23)21-9(2)10-4-6-11(17)7-5-10/h4-7,9H,3,8H2,1-2H3,(H,21,23)/t9-/m0/s1. The van der Waals surface area contributed by atoms with Gasteiger partial charge in [-0.3, -0.25) is 4.79 Å². The minimum absolute atomic E-state index is 0.130. The van der Waals surface area contributed by atoms with Gasteiger partial charge in [0.1, 0.15) is 5.56 Å². The molecule has 1 aromatic heterocycles. The van der Waals surface area contributed by atoms with Gasteiger partial charge in [-0.2, -0.15) is 17.5 Å². The molecule has 9 heteroatoms. The van der Waals surface area contributed by atoms with Crippen LogP contribution in [0, 0.1) is 0 Å². The van der Waals surface area contributed by atoms with Crippen molar-refractivity contribution in [2.75, 3.05) is 6.61 Å². The van der Waals surface area contributed by atoms with E-state index in [-0.39, 0.29) is 11.7 Å². The zero-order chi connectivity index (χ0) is 18.6. The van der Waals surface area contributed by atoms with Crippen LogP contribution < -0.4 is 10.1 Å². The quantitative estimate of drug-likeness (QED) is 0.744. The van der Waals surface area contributed by atoms with Crippen LogP contribution >= 0.6 is 23.1 Å². The third-order valence-corrected chi connectivity index (χ3v) is 4.32. The van der Waals surface area contributed by atoms with E-state index >= 15 is 0 Å². The van der Waals surface area contributed by atoms with Crippen molar-refractivity contribution in [3.05, 3.63) is 46.1 Å². The molecule has 0 spiro atoms. The first-order chi connectivity index (χ1) is 11.7. The molecular weight excluding hydrogens is 377 g/mol. The predicted octanol–water partition coefficient (Wildman–Crippen LogP) is 5.10.